The van der Waals surface area contributed by atoms with Crippen LogP contribution in [0.5, 0.6) is 0 Å². The van der Waals surface area contributed by atoms with Gasteiger partial charge in [-0.15, -0.1) is 0 Å². The van der Waals surface area contributed by atoms with Crippen molar-refractivity contribution in [3.05, 3.63) is 29.3 Å². The lowest BCUT2D eigenvalue weighted by Crippen LogP contribution is -2.49. The van der Waals surface area contributed by atoms with Crippen molar-refractivity contribution in [1.29, 1.82) is 0 Å². The molecule has 1 aromatic carbocycles. The first kappa shape index (κ1) is 13.5. The number of amides is 1. The number of para-hydroxylation sites is 1. The van der Waals surface area contributed by atoms with Crippen LogP contribution in [-0.2, 0) is 0 Å². The molecular formula is C17H24N2O. The van der Waals surface area contributed by atoms with Crippen molar-refractivity contribution in [2.45, 2.75) is 51.5 Å². The second kappa shape index (κ2) is 5.47. The van der Waals surface area contributed by atoms with Crippen molar-refractivity contribution >= 4 is 11.6 Å². The molecule has 2 aliphatic rings. The molecule has 1 amide bonds. The number of carbonyl (C=O) groups excluding carboxylic acids is 1. The minimum Gasteiger partial charge on any atom is -0.398 e. The molecule has 3 rings (SSSR count). The van der Waals surface area contributed by atoms with Gasteiger partial charge in [0.2, 0.25) is 0 Å². The maximum absolute atomic E-state index is 12.9. The number of piperidine rings is 1. The van der Waals surface area contributed by atoms with E-state index in [2.05, 4.69) is 4.90 Å². The molecule has 1 heterocycles. The van der Waals surface area contributed by atoms with Gasteiger partial charge >= 0.3 is 0 Å². The van der Waals surface area contributed by atoms with Gasteiger partial charge in [-0.1, -0.05) is 25.0 Å². The monoisotopic (exact) mass is 272 g/mol. The summed E-state index contributed by atoms with van der Waals surface area (Å²) in [7, 11) is 0. The Labute approximate surface area is 121 Å². The molecule has 1 aliphatic heterocycles. The van der Waals surface area contributed by atoms with E-state index in [1.54, 1.807) is 0 Å². The molecule has 1 aliphatic carbocycles. The maximum atomic E-state index is 12.9. The molecule has 1 aromatic rings. The number of carbonyl (C=O) groups is 1. The summed E-state index contributed by atoms with van der Waals surface area (Å²) in [6.45, 7) is 2.86. The topological polar surface area (TPSA) is 46.3 Å². The van der Waals surface area contributed by atoms with Gasteiger partial charge in [0, 0.05) is 18.3 Å². The van der Waals surface area contributed by atoms with Gasteiger partial charge in [-0.3, -0.25) is 4.79 Å². The maximum Gasteiger partial charge on any atom is 0.256 e. The second-order valence-electron chi connectivity index (χ2n) is 6.29. The number of rotatable bonds is 1. The highest BCUT2D eigenvalue weighted by molar-refractivity contribution is 6.00. The van der Waals surface area contributed by atoms with Crippen LogP contribution in [0.15, 0.2) is 18.2 Å². The zero-order valence-electron chi connectivity index (χ0n) is 12.3. The van der Waals surface area contributed by atoms with E-state index in [9.17, 15) is 4.79 Å². The molecule has 0 aromatic heterocycles. The van der Waals surface area contributed by atoms with Crippen LogP contribution in [-0.4, -0.2) is 23.4 Å². The molecule has 0 bridgehead atoms. The SMILES string of the molecule is Cc1cccc(C(=O)N2CCCC3CCCCC32)c1N. The number of aryl methyl sites for hydroxylation is 1. The van der Waals surface area contributed by atoms with Crippen LogP contribution in [0.4, 0.5) is 5.69 Å². The van der Waals surface area contributed by atoms with Gasteiger partial charge in [0.25, 0.3) is 5.91 Å². The van der Waals surface area contributed by atoms with Crippen LogP contribution in [0.25, 0.3) is 0 Å². The Kier molecular flexibility index (Phi) is 3.68. The van der Waals surface area contributed by atoms with Crippen molar-refractivity contribution in [3.63, 3.8) is 0 Å². The van der Waals surface area contributed by atoms with Gasteiger partial charge in [0.15, 0.2) is 0 Å². The van der Waals surface area contributed by atoms with Crippen LogP contribution < -0.4 is 5.73 Å². The molecule has 20 heavy (non-hydrogen) atoms. The van der Waals surface area contributed by atoms with Gasteiger partial charge in [-0.05, 0) is 50.2 Å². The summed E-state index contributed by atoms with van der Waals surface area (Å²) in [4.78, 5) is 15.0. The molecule has 1 saturated carbocycles. The Morgan fingerprint density at radius 3 is 2.80 bits per heavy atom. The van der Waals surface area contributed by atoms with E-state index in [0.29, 0.717) is 23.2 Å². The van der Waals surface area contributed by atoms with E-state index in [1.165, 1.54) is 32.1 Å². The lowest BCUT2D eigenvalue weighted by molar-refractivity contribution is 0.0391. The Bertz CT molecular complexity index is 510. The van der Waals surface area contributed by atoms with E-state index in [0.717, 1.165) is 18.5 Å². The van der Waals surface area contributed by atoms with Crippen molar-refractivity contribution in [2.75, 3.05) is 12.3 Å². The van der Waals surface area contributed by atoms with E-state index in [-0.39, 0.29) is 5.91 Å². The van der Waals surface area contributed by atoms with E-state index in [4.69, 9.17) is 5.73 Å². The van der Waals surface area contributed by atoms with E-state index in [1.807, 2.05) is 25.1 Å². The van der Waals surface area contributed by atoms with Crippen LogP contribution in [0, 0.1) is 12.8 Å². The molecule has 3 nitrogen and oxygen atoms in total. The standard InChI is InChI=1S/C17H24N2O/c1-12-6-4-9-14(16(12)18)17(20)19-11-5-8-13-7-2-3-10-15(13)19/h4,6,9,13,15H,2-3,5,7-8,10-11,18H2,1H3. The summed E-state index contributed by atoms with van der Waals surface area (Å²) in [5.41, 5.74) is 8.44. The van der Waals surface area contributed by atoms with Crippen LogP contribution >= 0.6 is 0 Å². The number of hydrogen-bond donors (Lipinski definition) is 1. The fourth-order valence-electron chi connectivity index (χ4n) is 3.90. The first-order chi connectivity index (χ1) is 9.68. The first-order valence-electron chi connectivity index (χ1n) is 7.84. The second-order valence-corrected chi connectivity index (χ2v) is 6.29. The zero-order valence-corrected chi connectivity index (χ0v) is 12.3. The van der Waals surface area contributed by atoms with Crippen LogP contribution in [0.3, 0.4) is 0 Å². The number of hydrogen-bond acceptors (Lipinski definition) is 2. The third-order valence-electron chi connectivity index (χ3n) is 5.06. The number of nitrogen functional groups attached to an aromatic ring is 1. The predicted octanol–water partition coefficient (Wildman–Crippen LogP) is 3.37. The van der Waals surface area contributed by atoms with Gasteiger partial charge in [-0.25, -0.2) is 0 Å². The normalized spacial score (nSPS) is 26.1. The molecule has 108 valence electrons. The number of nitrogens with two attached hydrogens (primary N) is 1. The number of nitrogens with zero attached hydrogens (tertiary/aromatic N) is 1. The highest BCUT2D eigenvalue weighted by Gasteiger charge is 2.36. The van der Waals surface area contributed by atoms with Crippen molar-refractivity contribution in [2.24, 2.45) is 5.92 Å². The summed E-state index contributed by atoms with van der Waals surface area (Å²) >= 11 is 0. The van der Waals surface area contributed by atoms with Crippen molar-refractivity contribution in [1.82, 2.24) is 4.90 Å². The largest absolute Gasteiger partial charge is 0.398 e. The summed E-state index contributed by atoms with van der Waals surface area (Å²) in [5, 5.41) is 0. The molecule has 0 radical (unpaired) electrons. The predicted molar refractivity (Wildman–Crippen MR) is 81.6 cm³/mol. The number of benzene rings is 1. The highest BCUT2D eigenvalue weighted by atomic mass is 16.2. The Balaban J connectivity index is 1.87. The third-order valence-corrected chi connectivity index (χ3v) is 5.06. The minimum atomic E-state index is 0.141. The molecule has 1 saturated heterocycles. The summed E-state index contributed by atoms with van der Waals surface area (Å²) in [5.74, 6) is 0.857. The summed E-state index contributed by atoms with van der Waals surface area (Å²) < 4.78 is 0. The average Bonchev–Trinajstić information content (AvgIpc) is 2.49. The zero-order chi connectivity index (χ0) is 14.1. The molecule has 0 spiro atoms. The highest BCUT2D eigenvalue weighted by Crippen LogP contribution is 2.36. The molecular weight excluding hydrogens is 248 g/mol. The molecule has 2 atom stereocenters. The molecule has 2 N–H and O–H groups in total. The Morgan fingerprint density at radius 1 is 1.20 bits per heavy atom. The van der Waals surface area contributed by atoms with Crippen molar-refractivity contribution < 1.29 is 4.79 Å². The van der Waals surface area contributed by atoms with Crippen LogP contribution in [0.1, 0.15) is 54.4 Å². The molecule has 2 unspecified atom stereocenters. The lowest BCUT2D eigenvalue weighted by Gasteiger charge is -2.44. The van der Waals surface area contributed by atoms with Gasteiger partial charge in [0.1, 0.15) is 0 Å². The quantitative estimate of drug-likeness (QED) is 0.797. The average molecular weight is 272 g/mol. The number of fused-ring (bicyclic) bond motifs is 1. The lowest BCUT2D eigenvalue weighted by atomic mass is 9.78. The summed E-state index contributed by atoms with van der Waals surface area (Å²) in [6, 6.07) is 6.22. The number of likely N-dealkylation sites (tertiary alicyclic amines) is 1. The minimum absolute atomic E-state index is 0.141. The van der Waals surface area contributed by atoms with E-state index < -0.39 is 0 Å². The Hall–Kier alpha value is -1.51. The van der Waals surface area contributed by atoms with E-state index >= 15 is 0 Å². The first-order valence-corrected chi connectivity index (χ1v) is 7.84. The van der Waals surface area contributed by atoms with Gasteiger partial charge in [-0.2, -0.15) is 0 Å². The third kappa shape index (κ3) is 2.30. The van der Waals surface area contributed by atoms with Gasteiger partial charge < -0.3 is 10.6 Å². The summed E-state index contributed by atoms with van der Waals surface area (Å²) in [6.07, 6.45) is 7.47. The van der Waals surface area contributed by atoms with Crippen LogP contribution in [0.2, 0.25) is 0 Å². The van der Waals surface area contributed by atoms with Gasteiger partial charge in [0.05, 0.1) is 5.56 Å². The molecule has 3 heteroatoms. The molecule has 2 fully saturated rings. The fourth-order valence-corrected chi connectivity index (χ4v) is 3.90. The Morgan fingerprint density at radius 2 is 1.95 bits per heavy atom. The fraction of sp³-hybridized carbons (Fsp3) is 0.588. The van der Waals surface area contributed by atoms with Crippen molar-refractivity contribution in [3.8, 4) is 0 Å². The smallest absolute Gasteiger partial charge is 0.256 e. The number of anilines is 1.